The highest BCUT2D eigenvalue weighted by atomic mass is 16.5. The van der Waals surface area contributed by atoms with Crippen molar-refractivity contribution < 1.29 is 9.32 Å². The van der Waals surface area contributed by atoms with Crippen LogP contribution in [0.1, 0.15) is 18.6 Å². The maximum atomic E-state index is 11.1. The second-order valence-electron chi connectivity index (χ2n) is 4.01. The van der Waals surface area contributed by atoms with Crippen LogP contribution in [0.3, 0.4) is 0 Å². The predicted molar refractivity (Wildman–Crippen MR) is 56.6 cm³/mol. The van der Waals surface area contributed by atoms with Gasteiger partial charge in [-0.2, -0.15) is 4.98 Å². The molecular formula is C10H16N4O2. The Labute approximate surface area is 94.2 Å². The van der Waals surface area contributed by atoms with Gasteiger partial charge in [-0.3, -0.25) is 9.69 Å². The summed E-state index contributed by atoms with van der Waals surface area (Å²) in [7, 11) is 0. The number of rotatable bonds is 2. The van der Waals surface area contributed by atoms with Crippen molar-refractivity contribution >= 4 is 5.91 Å². The van der Waals surface area contributed by atoms with Crippen LogP contribution >= 0.6 is 0 Å². The molecule has 0 radical (unpaired) electrons. The molecule has 1 fully saturated rings. The monoisotopic (exact) mass is 224 g/mol. The molecule has 0 atom stereocenters. The average Bonchev–Trinajstić information content (AvgIpc) is 2.65. The molecule has 1 aromatic heterocycles. The van der Waals surface area contributed by atoms with Gasteiger partial charge in [0.25, 0.3) is 0 Å². The van der Waals surface area contributed by atoms with Crippen LogP contribution in [0.25, 0.3) is 0 Å². The molecule has 1 saturated heterocycles. The fraction of sp³-hybridized carbons (Fsp3) is 0.700. The van der Waals surface area contributed by atoms with Gasteiger partial charge in [-0.15, -0.1) is 0 Å². The third kappa shape index (κ3) is 2.57. The van der Waals surface area contributed by atoms with E-state index in [0.29, 0.717) is 18.3 Å². The lowest BCUT2D eigenvalue weighted by molar-refractivity contribution is -0.130. The number of nitrogens with zero attached hydrogens (tertiary/aromatic N) is 4. The average molecular weight is 224 g/mol. The van der Waals surface area contributed by atoms with Crippen LogP contribution in [0, 0.1) is 6.92 Å². The molecule has 2 rings (SSSR count). The molecule has 88 valence electrons. The first kappa shape index (κ1) is 11.1. The quantitative estimate of drug-likeness (QED) is 0.710. The Morgan fingerprint density at radius 3 is 2.56 bits per heavy atom. The van der Waals surface area contributed by atoms with E-state index in [4.69, 9.17) is 4.52 Å². The lowest BCUT2D eigenvalue weighted by atomic mass is 10.3. The largest absolute Gasteiger partial charge is 0.340 e. The van der Waals surface area contributed by atoms with E-state index in [1.807, 2.05) is 4.90 Å². The minimum atomic E-state index is 0.148. The topological polar surface area (TPSA) is 62.5 Å². The van der Waals surface area contributed by atoms with E-state index in [1.54, 1.807) is 13.8 Å². The summed E-state index contributed by atoms with van der Waals surface area (Å²) >= 11 is 0. The van der Waals surface area contributed by atoms with Gasteiger partial charge < -0.3 is 9.42 Å². The zero-order valence-electron chi connectivity index (χ0n) is 9.64. The molecule has 0 unspecified atom stereocenters. The molecule has 1 aromatic rings. The Morgan fingerprint density at radius 1 is 1.38 bits per heavy atom. The summed E-state index contributed by atoms with van der Waals surface area (Å²) in [5.41, 5.74) is 0. The fourth-order valence-corrected chi connectivity index (χ4v) is 1.83. The minimum Gasteiger partial charge on any atom is -0.340 e. The molecule has 0 aliphatic carbocycles. The summed E-state index contributed by atoms with van der Waals surface area (Å²) in [5, 5.41) is 3.86. The van der Waals surface area contributed by atoms with Crippen molar-refractivity contribution in [3.8, 4) is 0 Å². The van der Waals surface area contributed by atoms with E-state index in [1.165, 1.54) is 0 Å². The van der Waals surface area contributed by atoms with Gasteiger partial charge in [-0.1, -0.05) is 5.16 Å². The van der Waals surface area contributed by atoms with Crippen LogP contribution in [0.4, 0.5) is 0 Å². The minimum absolute atomic E-state index is 0.148. The second kappa shape index (κ2) is 4.61. The first-order valence-electron chi connectivity index (χ1n) is 5.42. The van der Waals surface area contributed by atoms with Gasteiger partial charge in [-0.25, -0.2) is 0 Å². The molecule has 6 heteroatoms. The molecule has 6 nitrogen and oxygen atoms in total. The second-order valence-corrected chi connectivity index (χ2v) is 4.01. The van der Waals surface area contributed by atoms with Gasteiger partial charge in [0.2, 0.25) is 11.8 Å². The molecule has 1 aliphatic heterocycles. The molecule has 0 aromatic carbocycles. The summed E-state index contributed by atoms with van der Waals surface area (Å²) in [6.45, 7) is 7.39. The van der Waals surface area contributed by atoms with Crippen LogP contribution in [0.2, 0.25) is 0 Å². The molecule has 16 heavy (non-hydrogen) atoms. The number of hydrogen-bond acceptors (Lipinski definition) is 5. The van der Waals surface area contributed by atoms with Crippen molar-refractivity contribution in [2.75, 3.05) is 26.2 Å². The van der Waals surface area contributed by atoms with E-state index in [2.05, 4.69) is 15.0 Å². The smallest absolute Gasteiger partial charge is 0.223 e. The van der Waals surface area contributed by atoms with Crippen molar-refractivity contribution in [1.82, 2.24) is 19.9 Å². The third-order valence-electron chi connectivity index (χ3n) is 2.75. The summed E-state index contributed by atoms with van der Waals surface area (Å²) in [4.78, 5) is 19.4. The maximum absolute atomic E-state index is 11.1. The number of carbonyl (C=O) groups is 1. The highest BCUT2D eigenvalue weighted by Gasteiger charge is 2.19. The van der Waals surface area contributed by atoms with Crippen molar-refractivity contribution in [1.29, 1.82) is 0 Å². The summed E-state index contributed by atoms with van der Waals surface area (Å²) in [6.07, 6.45) is 0. The molecule has 0 saturated carbocycles. The Hall–Kier alpha value is -1.43. The Morgan fingerprint density at radius 2 is 2.06 bits per heavy atom. The highest BCUT2D eigenvalue weighted by molar-refractivity contribution is 5.73. The molecular weight excluding hydrogens is 208 g/mol. The van der Waals surface area contributed by atoms with E-state index in [9.17, 15) is 4.79 Å². The van der Waals surface area contributed by atoms with Crippen molar-refractivity contribution in [3.05, 3.63) is 11.7 Å². The number of piperazine rings is 1. The van der Waals surface area contributed by atoms with E-state index in [-0.39, 0.29) is 5.91 Å². The van der Waals surface area contributed by atoms with Gasteiger partial charge in [0.15, 0.2) is 5.82 Å². The van der Waals surface area contributed by atoms with Crippen LogP contribution in [0.5, 0.6) is 0 Å². The normalized spacial score (nSPS) is 17.8. The number of aryl methyl sites for hydroxylation is 1. The molecule has 0 N–H and O–H groups in total. The van der Waals surface area contributed by atoms with Crippen molar-refractivity contribution in [3.63, 3.8) is 0 Å². The van der Waals surface area contributed by atoms with Crippen molar-refractivity contribution in [2.45, 2.75) is 20.4 Å². The number of amides is 1. The van der Waals surface area contributed by atoms with Crippen LogP contribution < -0.4 is 0 Å². The van der Waals surface area contributed by atoms with Crippen LogP contribution in [-0.4, -0.2) is 52.0 Å². The number of carbonyl (C=O) groups excluding carboxylic acids is 1. The molecule has 2 heterocycles. The highest BCUT2D eigenvalue weighted by Crippen LogP contribution is 2.06. The molecule has 0 spiro atoms. The zero-order chi connectivity index (χ0) is 11.5. The SMILES string of the molecule is CC(=O)N1CCN(Cc2noc(C)n2)CC1. The van der Waals surface area contributed by atoms with Gasteiger partial charge >= 0.3 is 0 Å². The van der Waals surface area contributed by atoms with Crippen LogP contribution in [-0.2, 0) is 11.3 Å². The first-order valence-corrected chi connectivity index (χ1v) is 5.42. The van der Waals surface area contributed by atoms with Gasteiger partial charge in [-0.05, 0) is 0 Å². The Kier molecular flexibility index (Phi) is 3.19. The van der Waals surface area contributed by atoms with Gasteiger partial charge in [0.05, 0.1) is 6.54 Å². The first-order chi connectivity index (χ1) is 7.65. The fourth-order valence-electron chi connectivity index (χ4n) is 1.83. The lowest BCUT2D eigenvalue weighted by Gasteiger charge is -2.33. The predicted octanol–water partition coefficient (Wildman–Crippen LogP) is 0.0421. The van der Waals surface area contributed by atoms with Gasteiger partial charge in [0, 0.05) is 40.0 Å². The Balaban J connectivity index is 1.83. The van der Waals surface area contributed by atoms with Crippen molar-refractivity contribution in [2.24, 2.45) is 0 Å². The van der Waals surface area contributed by atoms with E-state index in [0.717, 1.165) is 26.2 Å². The number of aromatic nitrogens is 2. The van der Waals surface area contributed by atoms with E-state index < -0.39 is 0 Å². The van der Waals surface area contributed by atoms with E-state index >= 15 is 0 Å². The van der Waals surface area contributed by atoms with Crippen LogP contribution in [0.15, 0.2) is 4.52 Å². The summed E-state index contributed by atoms with van der Waals surface area (Å²) < 4.78 is 4.91. The maximum Gasteiger partial charge on any atom is 0.223 e. The number of hydrogen-bond donors (Lipinski definition) is 0. The summed E-state index contributed by atoms with van der Waals surface area (Å²) in [6, 6.07) is 0. The Bertz CT molecular complexity index is 369. The molecule has 1 aliphatic rings. The lowest BCUT2D eigenvalue weighted by Crippen LogP contribution is -2.47. The summed E-state index contributed by atoms with van der Waals surface area (Å²) in [5.74, 6) is 1.46. The van der Waals surface area contributed by atoms with Gasteiger partial charge in [0.1, 0.15) is 0 Å². The molecule has 0 bridgehead atoms. The molecule has 1 amide bonds. The standard InChI is InChI=1S/C10H16N4O2/c1-8-11-10(12-16-8)7-13-3-5-14(6-4-13)9(2)15/h3-7H2,1-2H3. The zero-order valence-corrected chi connectivity index (χ0v) is 9.64. The third-order valence-corrected chi connectivity index (χ3v) is 2.75.